The highest BCUT2D eigenvalue weighted by atomic mass is 16.6. The topological polar surface area (TPSA) is 44.5 Å². The van der Waals surface area contributed by atoms with E-state index in [1.807, 2.05) is 31.2 Å². The molecule has 0 heterocycles. The van der Waals surface area contributed by atoms with Crippen LogP contribution in [0.4, 0.5) is 0 Å². The lowest BCUT2D eigenvalue weighted by atomic mass is 10.0. The minimum absolute atomic E-state index is 0.251. The van der Waals surface area contributed by atoms with E-state index in [1.54, 1.807) is 7.11 Å². The zero-order chi connectivity index (χ0) is 9.68. The minimum atomic E-state index is 0.251. The molecule has 0 aliphatic carbocycles. The molecular formula is C10H15NO2. The van der Waals surface area contributed by atoms with Gasteiger partial charge in [0.25, 0.3) is 0 Å². The molecule has 3 heteroatoms. The van der Waals surface area contributed by atoms with Crippen LogP contribution >= 0.6 is 0 Å². The van der Waals surface area contributed by atoms with E-state index >= 15 is 0 Å². The molecule has 0 saturated heterocycles. The number of hydrogen-bond donors (Lipinski definition) is 1. The Morgan fingerprint density at radius 1 is 1.38 bits per heavy atom. The second kappa shape index (κ2) is 4.84. The average molecular weight is 181 g/mol. The van der Waals surface area contributed by atoms with Gasteiger partial charge in [0.1, 0.15) is 5.75 Å². The van der Waals surface area contributed by atoms with Crippen LogP contribution in [-0.2, 0) is 4.84 Å². The quantitative estimate of drug-likeness (QED) is 0.719. The largest absolute Gasteiger partial charge is 0.496 e. The molecule has 72 valence electrons. The van der Waals surface area contributed by atoms with Crippen molar-refractivity contribution in [3.63, 3.8) is 0 Å². The number of ether oxygens (including phenoxy) is 1. The fraction of sp³-hybridized carbons (Fsp3) is 0.400. The van der Waals surface area contributed by atoms with Crippen molar-refractivity contribution in [1.29, 1.82) is 0 Å². The smallest absolute Gasteiger partial charge is 0.122 e. The number of methoxy groups -OCH3 is 1. The van der Waals surface area contributed by atoms with E-state index in [2.05, 4.69) is 4.84 Å². The monoisotopic (exact) mass is 181 g/mol. The molecule has 13 heavy (non-hydrogen) atoms. The molecule has 0 spiro atoms. The van der Waals surface area contributed by atoms with E-state index in [9.17, 15) is 0 Å². The molecule has 0 radical (unpaired) electrons. The van der Waals surface area contributed by atoms with Gasteiger partial charge in [0.2, 0.25) is 0 Å². The third-order valence-electron chi connectivity index (χ3n) is 2.02. The average Bonchev–Trinajstić information content (AvgIpc) is 2.18. The predicted octanol–water partition coefficient (Wildman–Crippen LogP) is 1.69. The second-order valence-corrected chi connectivity index (χ2v) is 2.98. The van der Waals surface area contributed by atoms with Crippen LogP contribution in [0.5, 0.6) is 5.75 Å². The number of para-hydroxylation sites is 1. The first-order valence-electron chi connectivity index (χ1n) is 4.24. The summed E-state index contributed by atoms with van der Waals surface area (Å²) in [5.41, 5.74) is 1.12. The van der Waals surface area contributed by atoms with E-state index in [0.29, 0.717) is 6.61 Å². The molecule has 0 aromatic heterocycles. The van der Waals surface area contributed by atoms with Crippen molar-refractivity contribution in [2.75, 3.05) is 13.7 Å². The molecule has 1 aromatic rings. The molecule has 0 amide bonds. The Hall–Kier alpha value is -1.06. The molecule has 3 nitrogen and oxygen atoms in total. The van der Waals surface area contributed by atoms with Crippen LogP contribution in [0.1, 0.15) is 18.4 Å². The van der Waals surface area contributed by atoms with Gasteiger partial charge in [0.15, 0.2) is 0 Å². The summed E-state index contributed by atoms with van der Waals surface area (Å²) in [4.78, 5) is 4.60. The van der Waals surface area contributed by atoms with Crippen molar-refractivity contribution in [3.05, 3.63) is 29.8 Å². The first-order chi connectivity index (χ1) is 6.29. The fourth-order valence-corrected chi connectivity index (χ4v) is 1.31. The molecule has 0 fully saturated rings. The summed E-state index contributed by atoms with van der Waals surface area (Å²) in [6.07, 6.45) is 0. The third kappa shape index (κ3) is 2.44. The normalized spacial score (nSPS) is 12.5. The molecule has 0 aliphatic rings. The van der Waals surface area contributed by atoms with Gasteiger partial charge < -0.3 is 9.57 Å². The molecule has 0 saturated carbocycles. The Labute approximate surface area is 78.4 Å². The van der Waals surface area contributed by atoms with Crippen molar-refractivity contribution in [3.8, 4) is 5.75 Å². The standard InChI is InChI=1S/C10H15NO2/c1-8(7-13-11)9-5-3-4-6-10(9)12-2/h3-6,8H,7,11H2,1-2H3. The van der Waals surface area contributed by atoms with E-state index in [-0.39, 0.29) is 5.92 Å². The minimum Gasteiger partial charge on any atom is -0.496 e. The van der Waals surface area contributed by atoms with Crippen LogP contribution in [0.3, 0.4) is 0 Å². The summed E-state index contributed by atoms with van der Waals surface area (Å²) < 4.78 is 5.22. The Bertz CT molecular complexity index is 263. The van der Waals surface area contributed by atoms with Gasteiger partial charge in [-0.1, -0.05) is 25.1 Å². The summed E-state index contributed by atoms with van der Waals surface area (Å²) in [6.45, 7) is 2.55. The lowest BCUT2D eigenvalue weighted by Crippen LogP contribution is -2.09. The van der Waals surface area contributed by atoms with Gasteiger partial charge in [-0.3, -0.25) is 0 Å². The van der Waals surface area contributed by atoms with Crippen LogP contribution in [0, 0.1) is 0 Å². The molecule has 1 rings (SSSR count). The van der Waals surface area contributed by atoms with Crippen molar-refractivity contribution < 1.29 is 9.57 Å². The highest BCUT2D eigenvalue weighted by molar-refractivity contribution is 5.35. The number of benzene rings is 1. The van der Waals surface area contributed by atoms with Gasteiger partial charge >= 0.3 is 0 Å². The molecule has 1 aromatic carbocycles. The van der Waals surface area contributed by atoms with E-state index in [0.717, 1.165) is 11.3 Å². The Morgan fingerprint density at radius 3 is 2.69 bits per heavy atom. The zero-order valence-electron chi connectivity index (χ0n) is 7.99. The highest BCUT2D eigenvalue weighted by Crippen LogP contribution is 2.25. The maximum Gasteiger partial charge on any atom is 0.122 e. The van der Waals surface area contributed by atoms with Gasteiger partial charge in [-0.2, -0.15) is 0 Å². The van der Waals surface area contributed by atoms with Crippen molar-refractivity contribution in [2.24, 2.45) is 5.90 Å². The van der Waals surface area contributed by atoms with Gasteiger partial charge in [0.05, 0.1) is 13.7 Å². The predicted molar refractivity (Wildman–Crippen MR) is 51.5 cm³/mol. The van der Waals surface area contributed by atoms with Crippen molar-refractivity contribution in [2.45, 2.75) is 12.8 Å². The van der Waals surface area contributed by atoms with E-state index < -0.39 is 0 Å². The van der Waals surface area contributed by atoms with Gasteiger partial charge in [-0.15, -0.1) is 0 Å². The fourth-order valence-electron chi connectivity index (χ4n) is 1.31. The number of rotatable bonds is 4. The maximum absolute atomic E-state index is 5.22. The lowest BCUT2D eigenvalue weighted by molar-refractivity contribution is 0.126. The summed E-state index contributed by atoms with van der Waals surface area (Å²) in [7, 11) is 1.66. The molecule has 0 aliphatic heterocycles. The molecule has 0 bridgehead atoms. The summed E-state index contributed by atoms with van der Waals surface area (Å²) in [5, 5.41) is 0. The highest BCUT2D eigenvalue weighted by Gasteiger charge is 2.09. The maximum atomic E-state index is 5.22. The summed E-state index contributed by atoms with van der Waals surface area (Å²) in [6, 6.07) is 7.87. The first-order valence-corrected chi connectivity index (χ1v) is 4.24. The van der Waals surface area contributed by atoms with Crippen LogP contribution in [0.25, 0.3) is 0 Å². The lowest BCUT2D eigenvalue weighted by Gasteiger charge is -2.13. The van der Waals surface area contributed by atoms with Crippen molar-refractivity contribution in [1.82, 2.24) is 0 Å². The van der Waals surface area contributed by atoms with Crippen LogP contribution in [-0.4, -0.2) is 13.7 Å². The van der Waals surface area contributed by atoms with Crippen LogP contribution in [0.15, 0.2) is 24.3 Å². The summed E-state index contributed by atoms with van der Waals surface area (Å²) in [5.74, 6) is 6.15. The molecule has 2 N–H and O–H groups in total. The molecule has 1 unspecified atom stereocenters. The second-order valence-electron chi connectivity index (χ2n) is 2.98. The number of nitrogens with two attached hydrogens (primary N) is 1. The van der Waals surface area contributed by atoms with E-state index in [1.165, 1.54) is 0 Å². The zero-order valence-corrected chi connectivity index (χ0v) is 7.99. The van der Waals surface area contributed by atoms with Gasteiger partial charge in [0, 0.05) is 5.92 Å². The van der Waals surface area contributed by atoms with Crippen LogP contribution in [0.2, 0.25) is 0 Å². The first kappa shape index (κ1) is 10.0. The number of hydrogen-bond acceptors (Lipinski definition) is 3. The Balaban J connectivity index is 2.85. The molecule has 1 atom stereocenters. The van der Waals surface area contributed by atoms with Gasteiger partial charge in [-0.25, -0.2) is 5.90 Å². The molecular weight excluding hydrogens is 166 g/mol. The Morgan fingerprint density at radius 2 is 2.08 bits per heavy atom. The van der Waals surface area contributed by atoms with Gasteiger partial charge in [-0.05, 0) is 11.6 Å². The Kier molecular flexibility index (Phi) is 3.73. The SMILES string of the molecule is COc1ccccc1C(C)CON. The van der Waals surface area contributed by atoms with Crippen molar-refractivity contribution >= 4 is 0 Å². The van der Waals surface area contributed by atoms with E-state index in [4.69, 9.17) is 10.6 Å². The van der Waals surface area contributed by atoms with Crippen LogP contribution < -0.4 is 10.6 Å². The third-order valence-corrected chi connectivity index (χ3v) is 2.02. The summed E-state index contributed by atoms with van der Waals surface area (Å²) >= 11 is 0.